The van der Waals surface area contributed by atoms with Crippen LogP contribution in [0.4, 0.5) is 56.6 Å². The maximum atomic E-state index is 14.9. The Hall–Kier alpha value is -3.95. The molecule has 3 amide bonds. The second-order valence-electron chi connectivity index (χ2n) is 9.65. The molecule has 0 heterocycles. The highest BCUT2D eigenvalue weighted by molar-refractivity contribution is 6.53. The minimum Gasteiger partial charge on any atom is -0.326 e. The molecule has 0 saturated heterocycles. The molecule has 1 aliphatic rings. The number of benzene rings is 3. The molecule has 0 spiro atoms. The van der Waals surface area contributed by atoms with E-state index in [1.807, 2.05) is 0 Å². The van der Waals surface area contributed by atoms with Crippen molar-refractivity contribution in [1.82, 2.24) is 0 Å². The first-order valence-corrected chi connectivity index (χ1v) is 13.5. The molecule has 3 aromatic carbocycles. The minimum absolute atomic E-state index is 0.00846. The summed E-state index contributed by atoms with van der Waals surface area (Å²) in [7, 11) is 0. The number of halogens is 12. The van der Waals surface area contributed by atoms with Gasteiger partial charge >= 0.3 is 12.4 Å². The normalized spacial score (nSPS) is 17.5. The second kappa shape index (κ2) is 12.7. The first kappa shape index (κ1) is 34.9. The van der Waals surface area contributed by atoms with Gasteiger partial charge in [0.15, 0.2) is 5.82 Å². The van der Waals surface area contributed by atoms with Crippen LogP contribution in [0.15, 0.2) is 60.7 Å². The van der Waals surface area contributed by atoms with Crippen LogP contribution in [0.25, 0.3) is 0 Å². The van der Waals surface area contributed by atoms with Gasteiger partial charge in [-0.15, -0.1) is 23.2 Å². The fourth-order valence-electron chi connectivity index (χ4n) is 4.31. The second-order valence-corrected chi connectivity index (χ2v) is 11.5. The van der Waals surface area contributed by atoms with Gasteiger partial charge in [-0.05, 0) is 48.0 Å². The molecule has 1 saturated carbocycles. The van der Waals surface area contributed by atoms with E-state index in [2.05, 4.69) is 10.6 Å². The predicted octanol–water partition coefficient (Wildman–Crippen LogP) is 8.61. The molecule has 4 rings (SSSR count). The Morgan fingerprint density at radius 1 is 0.826 bits per heavy atom. The quantitative estimate of drug-likeness (QED) is 0.130. The fourth-order valence-corrected chi connectivity index (χ4v) is 5.34. The fraction of sp³-hybridized carbons (Fsp3) is 0.179. The van der Waals surface area contributed by atoms with Gasteiger partial charge in [-0.3, -0.25) is 14.4 Å². The molecule has 1 fully saturated rings. The Kier molecular flexibility index (Phi) is 9.63. The first-order chi connectivity index (χ1) is 21.2. The lowest BCUT2D eigenvalue weighted by molar-refractivity contribution is -0.140. The van der Waals surface area contributed by atoms with Crippen molar-refractivity contribution in [1.29, 1.82) is 0 Å². The van der Waals surface area contributed by atoms with E-state index >= 15 is 0 Å². The van der Waals surface area contributed by atoms with Gasteiger partial charge in [0.25, 0.3) is 5.91 Å². The van der Waals surface area contributed by atoms with Crippen LogP contribution < -0.4 is 16.0 Å². The molecule has 0 bridgehead atoms. The van der Waals surface area contributed by atoms with Gasteiger partial charge in [0.05, 0.1) is 27.8 Å². The average Bonchev–Trinajstić information content (AvgIpc) is 3.53. The molecule has 1 aliphatic carbocycles. The lowest BCUT2D eigenvalue weighted by atomic mass is 10.0. The molecule has 0 radical (unpaired) electrons. The highest BCUT2D eigenvalue weighted by atomic mass is 35.5. The number of allylic oxidation sites excluding steroid dienone is 1. The summed E-state index contributed by atoms with van der Waals surface area (Å²) in [5, 5.41) is 5.79. The molecule has 3 aromatic rings. The lowest BCUT2D eigenvalue weighted by Gasteiger charge is -2.13. The van der Waals surface area contributed by atoms with Crippen LogP contribution in [0.2, 0.25) is 5.02 Å². The molecule has 2 atom stereocenters. The summed E-state index contributed by atoms with van der Waals surface area (Å²) in [6, 6.07) is 6.78. The van der Waals surface area contributed by atoms with Gasteiger partial charge in [-0.1, -0.05) is 17.7 Å². The number of rotatable bonds is 7. The monoisotopic (exact) mass is 717 g/mol. The van der Waals surface area contributed by atoms with Crippen LogP contribution in [0.1, 0.15) is 27.4 Å². The van der Waals surface area contributed by atoms with Gasteiger partial charge in [0, 0.05) is 23.8 Å². The summed E-state index contributed by atoms with van der Waals surface area (Å²) in [6.07, 6.45) is -10.4. The Bertz CT molecular complexity index is 1760. The number of amides is 3. The van der Waals surface area contributed by atoms with Crippen LogP contribution in [-0.2, 0) is 15.8 Å². The summed E-state index contributed by atoms with van der Waals surface area (Å²) < 4.78 is 117. The van der Waals surface area contributed by atoms with Crippen molar-refractivity contribution in [3.63, 3.8) is 0 Å². The Labute approximate surface area is 267 Å². The third kappa shape index (κ3) is 7.70. The average molecular weight is 719 g/mol. The highest BCUT2D eigenvalue weighted by Gasteiger charge is 2.67. The van der Waals surface area contributed by atoms with E-state index in [1.165, 1.54) is 6.07 Å². The number of carbonyl (C=O) groups is 3. The summed E-state index contributed by atoms with van der Waals surface area (Å²) in [5.74, 6) is -10.5. The van der Waals surface area contributed by atoms with Gasteiger partial charge < -0.3 is 16.0 Å². The van der Waals surface area contributed by atoms with E-state index in [9.17, 15) is 53.9 Å². The SMILES string of the molecule is O=C(/C=C/C(F)(F)F)Nc1c(F)ccc(NC(=O)c2cc(NC(=O)[C@H]3[C@H](c4ccc(F)c(C(F)(F)F)c4)C3(Cl)Cl)ccc2Cl)c1F. The molecule has 6 nitrogen and oxygen atoms in total. The molecular formula is C28H15Cl3F9N3O3. The van der Waals surface area contributed by atoms with E-state index in [0.29, 0.717) is 18.2 Å². The maximum absolute atomic E-state index is 14.9. The van der Waals surface area contributed by atoms with Crippen molar-refractivity contribution in [2.24, 2.45) is 5.92 Å². The molecule has 0 aromatic heterocycles. The van der Waals surface area contributed by atoms with Crippen LogP contribution in [0.5, 0.6) is 0 Å². The summed E-state index contributed by atoms with van der Waals surface area (Å²) in [4.78, 5) is 37.6. The van der Waals surface area contributed by atoms with E-state index in [1.54, 1.807) is 5.32 Å². The standard InChI is InChI=1S/C28H15Cl3F9N3O3/c29-15-3-2-12(41-25(46)21-20(27(21,30)31)11-1-4-16(32)14(9-11)28(38,39)40)10-13(15)24(45)42-18-6-5-17(33)23(22(18)34)43-19(44)7-8-26(35,36)37/h1-10,20-21H,(H,41,46)(H,42,45)(H,43,44)/b8-7+/t20-,21+/m0/s1. The predicted molar refractivity (Wildman–Crippen MR) is 150 cm³/mol. The Balaban J connectivity index is 1.51. The Morgan fingerprint density at radius 3 is 2.11 bits per heavy atom. The Morgan fingerprint density at radius 2 is 1.48 bits per heavy atom. The zero-order valence-electron chi connectivity index (χ0n) is 22.2. The van der Waals surface area contributed by atoms with Crippen molar-refractivity contribution < 1.29 is 53.9 Å². The smallest absolute Gasteiger partial charge is 0.326 e. The third-order valence-electron chi connectivity index (χ3n) is 6.48. The molecule has 0 aliphatic heterocycles. The van der Waals surface area contributed by atoms with E-state index < -0.39 is 86.7 Å². The number of nitrogens with one attached hydrogen (secondary N) is 3. The molecule has 244 valence electrons. The van der Waals surface area contributed by atoms with Gasteiger partial charge in [0.2, 0.25) is 11.8 Å². The number of carbonyl (C=O) groups excluding carboxylic acids is 3. The van der Waals surface area contributed by atoms with Gasteiger partial charge in [0.1, 0.15) is 21.7 Å². The minimum atomic E-state index is -5.03. The molecule has 0 unspecified atom stereocenters. The third-order valence-corrected chi connectivity index (χ3v) is 7.75. The largest absolute Gasteiger partial charge is 0.419 e. The van der Waals surface area contributed by atoms with Crippen molar-refractivity contribution in [3.05, 3.63) is 99.8 Å². The molecule has 18 heteroatoms. The zero-order chi connectivity index (χ0) is 34.4. The number of hydrogen-bond donors (Lipinski definition) is 3. The molecule has 46 heavy (non-hydrogen) atoms. The van der Waals surface area contributed by atoms with Crippen LogP contribution in [0, 0.1) is 23.4 Å². The first-order valence-electron chi connectivity index (χ1n) is 12.4. The lowest BCUT2D eigenvalue weighted by Crippen LogP contribution is -2.19. The number of hydrogen-bond acceptors (Lipinski definition) is 3. The maximum Gasteiger partial charge on any atom is 0.419 e. The zero-order valence-corrected chi connectivity index (χ0v) is 24.5. The molecular weight excluding hydrogens is 704 g/mol. The van der Waals surface area contributed by atoms with Crippen molar-refractivity contribution in [2.45, 2.75) is 22.6 Å². The van der Waals surface area contributed by atoms with E-state index in [-0.39, 0.29) is 27.9 Å². The van der Waals surface area contributed by atoms with Crippen LogP contribution in [-0.4, -0.2) is 28.2 Å². The summed E-state index contributed by atoms with van der Waals surface area (Å²) >= 11 is 18.4. The van der Waals surface area contributed by atoms with Crippen molar-refractivity contribution in [2.75, 3.05) is 16.0 Å². The van der Waals surface area contributed by atoms with Crippen molar-refractivity contribution in [3.8, 4) is 0 Å². The van der Waals surface area contributed by atoms with Gasteiger partial charge in [-0.25, -0.2) is 13.2 Å². The van der Waals surface area contributed by atoms with E-state index in [4.69, 9.17) is 34.8 Å². The topological polar surface area (TPSA) is 87.3 Å². The van der Waals surface area contributed by atoms with Crippen LogP contribution >= 0.6 is 34.8 Å². The molecule has 3 N–H and O–H groups in total. The van der Waals surface area contributed by atoms with Crippen LogP contribution in [0.3, 0.4) is 0 Å². The van der Waals surface area contributed by atoms with E-state index in [0.717, 1.165) is 24.3 Å². The number of anilines is 3. The highest BCUT2D eigenvalue weighted by Crippen LogP contribution is 2.65. The van der Waals surface area contributed by atoms with Crippen molar-refractivity contribution >= 4 is 69.6 Å². The van der Waals surface area contributed by atoms with Gasteiger partial charge in [-0.2, -0.15) is 26.3 Å². The summed E-state index contributed by atoms with van der Waals surface area (Å²) in [6.45, 7) is 0. The summed E-state index contributed by atoms with van der Waals surface area (Å²) in [5.41, 5.74) is -4.13. The number of alkyl halides is 8.